The molecule has 0 saturated carbocycles. The third-order valence-electron chi connectivity index (χ3n) is 26.4. The van der Waals surface area contributed by atoms with Gasteiger partial charge < -0.3 is 18.9 Å². The summed E-state index contributed by atoms with van der Waals surface area (Å²) in [5.74, 6) is -4.27. The van der Waals surface area contributed by atoms with E-state index in [2.05, 4.69) is 70.5 Å². The Kier molecular flexibility index (Phi) is 18.2. The second kappa shape index (κ2) is 30.4. The molecule has 6 heterocycles. The summed E-state index contributed by atoms with van der Waals surface area (Å²) in [6, 6.07) is 116. The van der Waals surface area contributed by atoms with Gasteiger partial charge in [0.15, 0.2) is 10.9 Å². The van der Waals surface area contributed by atoms with Gasteiger partial charge in [0.05, 0.1) is 55.7 Å². The number of aromatic nitrogens is 2. The molecule has 0 atom stereocenters. The van der Waals surface area contributed by atoms with E-state index in [0.29, 0.717) is 76.8 Å². The topological polar surface area (TPSA) is 200 Å². The molecule has 20 aromatic rings. The number of fused-ring (bicyclic) bond motifs is 6. The zero-order valence-corrected chi connectivity index (χ0v) is 71.3. The molecule has 18 aromatic carbocycles. The Morgan fingerprint density at radius 1 is 0.189 bits per heavy atom. The maximum atomic E-state index is 14.8. The van der Waals surface area contributed by atoms with E-state index < -0.39 is 47.3 Å². The van der Waals surface area contributed by atoms with Crippen LogP contribution in [0.3, 0.4) is 0 Å². The van der Waals surface area contributed by atoms with E-state index in [1.165, 1.54) is 28.2 Å². The maximum absolute atomic E-state index is 14.8. The molecule has 4 aliphatic heterocycles. The van der Waals surface area contributed by atoms with Crippen LogP contribution in [0, 0.1) is 0 Å². The highest BCUT2D eigenvalue weighted by Gasteiger charge is 2.45. The Bertz CT molecular complexity index is 7990. The molecule has 0 fully saturated rings. The smallest absolute Gasteiger partial charge is 0.261 e. The standard InChI is InChI=1S/C60H40N4O4.C54H32N4O6/c1-61-57(65)49-35-48(44-32-34-52(46-30-18-16-28-42(44)46)64(39-23-11-5-12-24-39)40-25-13-6-14-26-40)56-54-50(58(66)62(2)60(56)68)36-47(55(53(49)54)59(61)67)43-31-33-51(45-29-17-15-27-41(43)45)63(37-19-7-3-8-20-37)38-21-9-4-10-22-38;1-55-51(61)39-27-38(30-21-25-32(26-22-30)58-43-17-9-5-13-35(43)50(60)36-14-6-10-18-44(36)58)48-46-40(52(62)56(2)54(48)64)28-37(47(45(39)46)53(55)63)29-19-23-31(24-20-29)57-41-15-7-3-11-33(41)49(59)34-12-4-8-16-42(34)57/h3-36H,1-2H3;3-28H,1-2H3. The van der Waals surface area contributed by atoms with Gasteiger partial charge in [0, 0.05) is 138 Å². The molecule has 628 valence electrons. The number of nitrogens with zero attached hydrogens (tertiary/aromatic N) is 8. The van der Waals surface area contributed by atoms with Crippen LogP contribution in [-0.2, 0) is 0 Å². The Hall–Kier alpha value is -17.9. The Balaban J connectivity index is 0.000000150. The monoisotopic (exact) mass is 1710 g/mol. The zero-order chi connectivity index (χ0) is 89.9. The summed E-state index contributed by atoms with van der Waals surface area (Å²) in [5.41, 5.74) is 16.4. The number of benzene rings is 18. The first-order valence-corrected chi connectivity index (χ1v) is 43.2. The summed E-state index contributed by atoms with van der Waals surface area (Å²) in [4.78, 5) is 152. The van der Waals surface area contributed by atoms with Crippen molar-refractivity contribution >= 4 is 168 Å². The fourth-order valence-electron chi connectivity index (χ4n) is 20.2. The first-order valence-electron chi connectivity index (χ1n) is 43.2. The predicted octanol–water partition coefficient (Wildman–Crippen LogP) is 23.4. The van der Waals surface area contributed by atoms with E-state index in [4.69, 9.17) is 0 Å². The van der Waals surface area contributed by atoms with Crippen LogP contribution in [-0.4, -0.2) is 104 Å². The number of hydrogen-bond donors (Lipinski definition) is 0. The van der Waals surface area contributed by atoms with Crippen LogP contribution in [0.1, 0.15) is 82.9 Å². The van der Waals surface area contributed by atoms with Crippen LogP contribution < -0.4 is 20.7 Å². The molecule has 0 N–H and O–H groups in total. The number of rotatable bonds is 12. The average molecular weight is 1710 g/mol. The summed E-state index contributed by atoms with van der Waals surface area (Å²) in [5, 5.41) is 6.96. The molecule has 4 aliphatic rings. The maximum Gasteiger partial charge on any atom is 0.261 e. The molecule has 8 amide bonds. The van der Waals surface area contributed by atoms with Crippen LogP contribution >= 0.6 is 0 Å². The highest BCUT2D eigenvalue weighted by Crippen LogP contribution is 2.53. The average Bonchev–Trinajstić information content (AvgIpc) is 0.699. The molecule has 18 nitrogen and oxygen atoms in total. The minimum atomic E-state index is -0.553. The van der Waals surface area contributed by atoms with Gasteiger partial charge in [-0.1, -0.05) is 206 Å². The first-order chi connectivity index (χ1) is 64.4. The van der Waals surface area contributed by atoms with Gasteiger partial charge in [0.25, 0.3) is 47.3 Å². The number of carbonyl (C=O) groups excluding carboxylic acids is 8. The fourth-order valence-corrected chi connectivity index (χ4v) is 20.2. The first kappa shape index (κ1) is 78.8. The lowest BCUT2D eigenvalue weighted by Crippen LogP contribution is -2.41. The highest BCUT2D eigenvalue weighted by atomic mass is 16.2. The van der Waals surface area contributed by atoms with Gasteiger partial charge in [-0.3, -0.25) is 67.5 Å². The molecule has 0 bridgehead atoms. The highest BCUT2D eigenvalue weighted by molar-refractivity contribution is 6.39. The lowest BCUT2D eigenvalue weighted by Gasteiger charge is -2.33. The summed E-state index contributed by atoms with van der Waals surface area (Å²) in [6.07, 6.45) is 0. The predicted molar refractivity (Wildman–Crippen MR) is 521 cm³/mol. The lowest BCUT2D eigenvalue weighted by atomic mass is 9.78. The van der Waals surface area contributed by atoms with Crippen molar-refractivity contribution in [2.45, 2.75) is 0 Å². The minimum absolute atomic E-state index is 0.0579. The lowest BCUT2D eigenvalue weighted by molar-refractivity contribution is 0.0630. The number of para-hydroxylation sites is 8. The third-order valence-corrected chi connectivity index (χ3v) is 26.4. The molecule has 132 heavy (non-hydrogen) atoms. The Morgan fingerprint density at radius 3 is 0.689 bits per heavy atom. The van der Waals surface area contributed by atoms with Crippen molar-refractivity contribution in [2.75, 3.05) is 38.0 Å². The number of pyridine rings is 2. The third kappa shape index (κ3) is 11.8. The summed E-state index contributed by atoms with van der Waals surface area (Å²) in [7, 11) is 5.85. The van der Waals surface area contributed by atoms with Crippen LogP contribution in [0.2, 0.25) is 0 Å². The number of amides is 8. The zero-order valence-electron chi connectivity index (χ0n) is 71.3. The summed E-state index contributed by atoms with van der Waals surface area (Å²) >= 11 is 0. The van der Waals surface area contributed by atoms with Crippen molar-refractivity contribution in [1.29, 1.82) is 0 Å². The number of hydrogen-bond acceptors (Lipinski definition) is 12. The summed E-state index contributed by atoms with van der Waals surface area (Å²) in [6.45, 7) is 0. The number of imide groups is 4. The normalized spacial score (nSPS) is 13.4. The quantitative estimate of drug-likeness (QED) is 0.0829. The molecule has 0 unspecified atom stereocenters. The Morgan fingerprint density at radius 2 is 0.417 bits per heavy atom. The van der Waals surface area contributed by atoms with Gasteiger partial charge in [0.1, 0.15) is 0 Å². The van der Waals surface area contributed by atoms with Gasteiger partial charge in [-0.15, -0.1) is 0 Å². The molecule has 0 aliphatic carbocycles. The van der Waals surface area contributed by atoms with Crippen molar-refractivity contribution in [2.24, 2.45) is 0 Å². The number of carbonyl (C=O) groups is 8. The molecule has 2 aromatic heterocycles. The molecule has 0 spiro atoms. The number of anilines is 6. The van der Waals surface area contributed by atoms with Crippen LogP contribution in [0.15, 0.2) is 374 Å². The van der Waals surface area contributed by atoms with Gasteiger partial charge in [-0.25, -0.2) is 0 Å². The van der Waals surface area contributed by atoms with E-state index in [1.807, 2.05) is 288 Å². The van der Waals surface area contributed by atoms with E-state index in [1.54, 1.807) is 24.3 Å². The second-order valence-electron chi connectivity index (χ2n) is 33.4. The SMILES string of the molecule is CN1C(=O)c2cc(-c3ccc(-n4c5ccccc5c(=O)c5ccccc54)cc3)c3c4c(cc(-c5ccc(-n6c7ccccc7c(=O)c7ccccc76)cc5)c(c24)C1=O)C(=O)N(C)C3=O.CN1C(=O)c2cc(-c3ccc(N(c4ccccc4)c4ccccc4)c4ccccc34)c3c4c(cc(-c5ccc(N(c6ccccc6)c6ccccc6)c6ccccc56)c(c24)C1=O)C(=O)N(C)C3=O. The van der Waals surface area contributed by atoms with Gasteiger partial charge in [-0.2, -0.15) is 0 Å². The van der Waals surface area contributed by atoms with Gasteiger partial charge in [0.2, 0.25) is 0 Å². The molecule has 24 rings (SSSR count). The van der Waals surface area contributed by atoms with Crippen LogP contribution in [0.25, 0.3) is 143 Å². The van der Waals surface area contributed by atoms with Crippen LogP contribution in [0.4, 0.5) is 34.1 Å². The Labute approximate surface area is 753 Å². The second-order valence-corrected chi connectivity index (χ2v) is 33.4. The molecule has 0 saturated heterocycles. The van der Waals surface area contributed by atoms with Crippen molar-refractivity contribution in [3.63, 3.8) is 0 Å². The van der Waals surface area contributed by atoms with E-state index >= 15 is 0 Å². The van der Waals surface area contributed by atoms with Crippen molar-refractivity contribution in [3.8, 4) is 55.9 Å². The minimum Gasteiger partial charge on any atom is -0.310 e. The molecule has 18 heteroatoms. The fraction of sp³-hybridized carbons (Fsp3) is 0.0351. The van der Waals surface area contributed by atoms with Crippen LogP contribution in [0.5, 0.6) is 0 Å². The van der Waals surface area contributed by atoms with Gasteiger partial charge in [-0.05, 0) is 213 Å². The van der Waals surface area contributed by atoms with E-state index in [9.17, 15) is 47.9 Å². The van der Waals surface area contributed by atoms with E-state index in [0.717, 1.165) is 109 Å². The largest absolute Gasteiger partial charge is 0.310 e. The molecular weight excluding hydrogens is 1640 g/mol. The van der Waals surface area contributed by atoms with Crippen molar-refractivity contribution in [1.82, 2.24) is 28.7 Å². The van der Waals surface area contributed by atoms with Crippen molar-refractivity contribution in [3.05, 3.63) is 429 Å². The van der Waals surface area contributed by atoms with E-state index in [-0.39, 0.29) is 66.1 Å². The molecular formula is C114H72N8O10. The van der Waals surface area contributed by atoms with Crippen molar-refractivity contribution < 1.29 is 38.4 Å². The van der Waals surface area contributed by atoms with Gasteiger partial charge >= 0.3 is 0 Å². The molecule has 0 radical (unpaired) electrons. The summed E-state index contributed by atoms with van der Waals surface area (Å²) < 4.78 is 4.05.